The Morgan fingerprint density at radius 2 is 2.00 bits per heavy atom. The van der Waals surface area contributed by atoms with Crippen LogP contribution in [0.2, 0.25) is 0 Å². The first-order valence-corrected chi connectivity index (χ1v) is 8.54. The van der Waals surface area contributed by atoms with E-state index < -0.39 is 6.09 Å². The van der Waals surface area contributed by atoms with Crippen LogP contribution in [0.4, 0.5) is 4.79 Å². The van der Waals surface area contributed by atoms with E-state index in [1.807, 2.05) is 55.7 Å². The van der Waals surface area contributed by atoms with Crippen LogP contribution in [0.3, 0.4) is 0 Å². The van der Waals surface area contributed by atoms with E-state index in [0.717, 1.165) is 22.0 Å². The maximum absolute atomic E-state index is 11.7. The van der Waals surface area contributed by atoms with Crippen LogP contribution in [0.1, 0.15) is 11.1 Å². The highest BCUT2D eigenvalue weighted by atomic mass is 16.5. The lowest BCUT2D eigenvalue weighted by Gasteiger charge is -2.16. The van der Waals surface area contributed by atoms with E-state index in [9.17, 15) is 9.90 Å². The van der Waals surface area contributed by atoms with Gasteiger partial charge < -0.3 is 25.0 Å². The molecule has 2 aromatic carbocycles. The van der Waals surface area contributed by atoms with Crippen molar-refractivity contribution in [3.05, 3.63) is 65.9 Å². The third-order valence-electron chi connectivity index (χ3n) is 4.18. The number of aromatic amines is 1. The predicted octanol–water partition coefficient (Wildman–Crippen LogP) is 3.23. The molecule has 26 heavy (non-hydrogen) atoms. The number of amides is 1. The van der Waals surface area contributed by atoms with Crippen LogP contribution in [-0.4, -0.2) is 41.2 Å². The van der Waals surface area contributed by atoms with Gasteiger partial charge in [0.15, 0.2) is 0 Å². The van der Waals surface area contributed by atoms with Crippen LogP contribution in [0, 0.1) is 0 Å². The standard InChI is InChI=1S/C20H23N3O3/c1-23(13-16-12-22-17-8-5-9-18(24)19(16)17)11-10-21-20(25)26-14-15-6-3-2-4-7-15/h2-9,12,22,24H,10-11,13-14H2,1H3,(H,21,25). The number of hydrogen-bond donors (Lipinski definition) is 3. The maximum atomic E-state index is 11.7. The molecule has 0 bridgehead atoms. The summed E-state index contributed by atoms with van der Waals surface area (Å²) in [5, 5.41) is 13.6. The number of likely N-dealkylation sites (N-methyl/N-ethyl adjacent to an activating group) is 1. The Morgan fingerprint density at radius 3 is 2.81 bits per heavy atom. The molecular formula is C20H23N3O3. The Hall–Kier alpha value is -2.99. The van der Waals surface area contributed by atoms with Gasteiger partial charge >= 0.3 is 6.09 Å². The summed E-state index contributed by atoms with van der Waals surface area (Å²) in [7, 11) is 1.97. The third kappa shape index (κ3) is 4.55. The lowest BCUT2D eigenvalue weighted by Crippen LogP contribution is -2.33. The van der Waals surface area contributed by atoms with Crippen molar-refractivity contribution < 1.29 is 14.6 Å². The molecule has 0 aliphatic rings. The zero-order valence-electron chi connectivity index (χ0n) is 14.7. The van der Waals surface area contributed by atoms with Crippen LogP contribution in [0.25, 0.3) is 10.9 Å². The van der Waals surface area contributed by atoms with Crippen LogP contribution in [0.15, 0.2) is 54.7 Å². The minimum atomic E-state index is -0.424. The predicted molar refractivity (Wildman–Crippen MR) is 101 cm³/mol. The molecule has 136 valence electrons. The second kappa shape index (κ2) is 8.40. The first-order chi connectivity index (χ1) is 12.6. The van der Waals surface area contributed by atoms with Crippen molar-refractivity contribution in [2.45, 2.75) is 13.2 Å². The van der Waals surface area contributed by atoms with Gasteiger partial charge in [0.1, 0.15) is 12.4 Å². The highest BCUT2D eigenvalue weighted by Gasteiger charge is 2.10. The summed E-state index contributed by atoms with van der Waals surface area (Å²) in [5.74, 6) is 0.273. The molecule has 6 nitrogen and oxygen atoms in total. The zero-order chi connectivity index (χ0) is 18.4. The highest BCUT2D eigenvalue weighted by Crippen LogP contribution is 2.28. The molecule has 0 saturated heterocycles. The SMILES string of the molecule is CN(CCNC(=O)OCc1ccccc1)Cc1c[nH]c2cccc(O)c12. The number of aromatic hydroxyl groups is 1. The van der Waals surface area contributed by atoms with Crippen LogP contribution < -0.4 is 5.32 Å². The Morgan fingerprint density at radius 1 is 1.19 bits per heavy atom. The number of carbonyl (C=O) groups excluding carboxylic acids is 1. The molecule has 0 saturated carbocycles. The molecule has 0 spiro atoms. The van der Waals surface area contributed by atoms with E-state index in [1.54, 1.807) is 6.07 Å². The van der Waals surface area contributed by atoms with Gasteiger partial charge in [0.05, 0.1) is 0 Å². The van der Waals surface area contributed by atoms with Crippen molar-refractivity contribution in [1.29, 1.82) is 0 Å². The van der Waals surface area contributed by atoms with Crippen molar-refractivity contribution in [3.63, 3.8) is 0 Å². The number of hydrogen-bond acceptors (Lipinski definition) is 4. The number of rotatable bonds is 7. The maximum Gasteiger partial charge on any atom is 0.407 e. The molecular weight excluding hydrogens is 330 g/mol. The molecule has 3 aromatic rings. The number of carbonyl (C=O) groups is 1. The van der Waals surface area contributed by atoms with Gasteiger partial charge in [-0.15, -0.1) is 0 Å². The van der Waals surface area contributed by atoms with Crippen molar-refractivity contribution >= 4 is 17.0 Å². The smallest absolute Gasteiger partial charge is 0.407 e. The largest absolute Gasteiger partial charge is 0.507 e. The van der Waals surface area contributed by atoms with Crippen molar-refractivity contribution in [2.24, 2.45) is 0 Å². The Kier molecular flexibility index (Phi) is 5.76. The number of aromatic nitrogens is 1. The molecule has 1 heterocycles. The van der Waals surface area contributed by atoms with Gasteiger partial charge in [0, 0.05) is 36.7 Å². The fourth-order valence-electron chi connectivity index (χ4n) is 2.85. The van der Waals surface area contributed by atoms with Crippen molar-refractivity contribution in [3.8, 4) is 5.75 Å². The van der Waals surface area contributed by atoms with Crippen LogP contribution >= 0.6 is 0 Å². The van der Waals surface area contributed by atoms with E-state index in [1.165, 1.54) is 0 Å². The number of phenols is 1. The number of nitrogens with zero attached hydrogens (tertiary/aromatic N) is 1. The van der Waals surface area contributed by atoms with Gasteiger partial charge in [-0.2, -0.15) is 0 Å². The Bertz CT molecular complexity index is 861. The first kappa shape index (κ1) is 17.8. The van der Waals surface area contributed by atoms with Crippen molar-refractivity contribution in [1.82, 2.24) is 15.2 Å². The van der Waals surface area contributed by atoms with Crippen LogP contribution in [0.5, 0.6) is 5.75 Å². The monoisotopic (exact) mass is 353 g/mol. The number of alkyl carbamates (subject to hydrolysis) is 1. The summed E-state index contributed by atoms with van der Waals surface area (Å²) in [6, 6.07) is 15.0. The summed E-state index contributed by atoms with van der Waals surface area (Å²) < 4.78 is 5.18. The van der Waals surface area contributed by atoms with E-state index in [-0.39, 0.29) is 12.4 Å². The zero-order valence-corrected chi connectivity index (χ0v) is 14.7. The van der Waals surface area contributed by atoms with Gasteiger partial charge in [-0.3, -0.25) is 0 Å². The number of fused-ring (bicyclic) bond motifs is 1. The fraction of sp³-hybridized carbons (Fsp3) is 0.250. The molecule has 0 atom stereocenters. The molecule has 3 rings (SSSR count). The molecule has 0 unspecified atom stereocenters. The lowest BCUT2D eigenvalue weighted by molar-refractivity contribution is 0.138. The van der Waals surface area contributed by atoms with E-state index in [4.69, 9.17) is 4.74 Å². The van der Waals surface area contributed by atoms with Crippen LogP contribution in [-0.2, 0) is 17.9 Å². The van der Waals surface area contributed by atoms with Gasteiger partial charge in [-0.25, -0.2) is 4.79 Å². The minimum absolute atomic E-state index is 0.261. The Labute approximate surface area is 152 Å². The fourth-order valence-corrected chi connectivity index (χ4v) is 2.85. The summed E-state index contributed by atoms with van der Waals surface area (Å²) in [6.07, 6.45) is 1.48. The van der Waals surface area contributed by atoms with Gasteiger partial charge in [0.2, 0.25) is 0 Å². The normalized spacial score (nSPS) is 11.0. The van der Waals surface area contributed by atoms with E-state index >= 15 is 0 Å². The quantitative estimate of drug-likeness (QED) is 0.609. The highest BCUT2D eigenvalue weighted by molar-refractivity contribution is 5.88. The summed E-state index contributed by atoms with van der Waals surface area (Å²) >= 11 is 0. The molecule has 0 aliphatic carbocycles. The van der Waals surface area contributed by atoms with Gasteiger partial charge in [-0.05, 0) is 30.3 Å². The number of benzene rings is 2. The number of phenolic OH excluding ortho intramolecular Hbond substituents is 1. The Balaban J connectivity index is 1.42. The summed E-state index contributed by atoms with van der Waals surface area (Å²) in [5.41, 5.74) is 2.89. The molecule has 1 amide bonds. The number of H-pyrrole nitrogens is 1. The summed E-state index contributed by atoms with van der Waals surface area (Å²) in [4.78, 5) is 17.0. The van der Waals surface area contributed by atoms with Crippen molar-refractivity contribution in [2.75, 3.05) is 20.1 Å². The minimum Gasteiger partial charge on any atom is -0.507 e. The van der Waals surface area contributed by atoms with Gasteiger partial charge in [-0.1, -0.05) is 36.4 Å². The lowest BCUT2D eigenvalue weighted by atomic mass is 10.1. The average Bonchev–Trinajstić information content (AvgIpc) is 3.05. The molecule has 3 N–H and O–H groups in total. The number of nitrogens with one attached hydrogen (secondary N) is 2. The number of ether oxygens (including phenoxy) is 1. The average molecular weight is 353 g/mol. The molecule has 6 heteroatoms. The second-order valence-electron chi connectivity index (χ2n) is 6.24. The molecule has 0 aliphatic heterocycles. The molecule has 0 radical (unpaired) electrons. The van der Waals surface area contributed by atoms with E-state index in [0.29, 0.717) is 19.6 Å². The molecule has 0 fully saturated rings. The third-order valence-corrected chi connectivity index (χ3v) is 4.18. The van der Waals surface area contributed by atoms with Gasteiger partial charge in [0.25, 0.3) is 0 Å². The topological polar surface area (TPSA) is 77.6 Å². The second-order valence-corrected chi connectivity index (χ2v) is 6.24. The molecule has 1 aromatic heterocycles. The van der Waals surface area contributed by atoms with E-state index in [2.05, 4.69) is 15.2 Å². The summed E-state index contributed by atoms with van der Waals surface area (Å²) in [6.45, 7) is 2.08. The first-order valence-electron chi connectivity index (χ1n) is 8.54.